The zero-order valence-corrected chi connectivity index (χ0v) is 10.5. The molecule has 2 fully saturated rings. The lowest BCUT2D eigenvalue weighted by Crippen LogP contribution is -2.43. The zero-order valence-electron chi connectivity index (χ0n) is 10.5. The number of hydrogen-bond donors (Lipinski definition) is 1. The summed E-state index contributed by atoms with van der Waals surface area (Å²) in [7, 11) is 0. The molecule has 0 saturated heterocycles. The SMILES string of the molecule is CC1CC1C1CC=C2CCCCC2(N)CC1. The molecule has 0 aromatic carbocycles. The van der Waals surface area contributed by atoms with Crippen molar-refractivity contribution in [2.24, 2.45) is 23.5 Å². The molecule has 0 radical (unpaired) electrons. The van der Waals surface area contributed by atoms with Crippen LogP contribution in [-0.2, 0) is 0 Å². The van der Waals surface area contributed by atoms with E-state index in [0.717, 1.165) is 17.8 Å². The number of hydrogen-bond acceptors (Lipinski definition) is 1. The van der Waals surface area contributed by atoms with E-state index < -0.39 is 0 Å². The summed E-state index contributed by atoms with van der Waals surface area (Å²) < 4.78 is 0. The second kappa shape index (κ2) is 3.87. The average Bonchev–Trinajstić information content (AvgIpc) is 3.00. The maximum Gasteiger partial charge on any atom is 0.0368 e. The summed E-state index contributed by atoms with van der Waals surface area (Å²) in [6, 6.07) is 0. The molecule has 3 aliphatic carbocycles. The predicted octanol–water partition coefficient (Wildman–Crippen LogP) is 3.64. The number of fused-ring (bicyclic) bond motifs is 1. The van der Waals surface area contributed by atoms with E-state index in [0.29, 0.717) is 0 Å². The average molecular weight is 219 g/mol. The van der Waals surface area contributed by atoms with Crippen LogP contribution in [-0.4, -0.2) is 5.54 Å². The van der Waals surface area contributed by atoms with Crippen molar-refractivity contribution in [3.63, 3.8) is 0 Å². The molecule has 1 nitrogen and oxygen atoms in total. The molecule has 0 heterocycles. The van der Waals surface area contributed by atoms with E-state index >= 15 is 0 Å². The van der Waals surface area contributed by atoms with Gasteiger partial charge in [-0.1, -0.05) is 25.0 Å². The van der Waals surface area contributed by atoms with Crippen molar-refractivity contribution in [2.45, 2.75) is 63.8 Å². The molecule has 0 bridgehead atoms. The summed E-state index contributed by atoms with van der Waals surface area (Å²) in [6.45, 7) is 2.41. The lowest BCUT2D eigenvalue weighted by molar-refractivity contribution is 0.322. The summed E-state index contributed by atoms with van der Waals surface area (Å²) in [5, 5.41) is 0. The maximum atomic E-state index is 6.61. The highest BCUT2D eigenvalue weighted by atomic mass is 14.8. The van der Waals surface area contributed by atoms with Gasteiger partial charge in [0.1, 0.15) is 0 Å². The molecular weight excluding hydrogens is 194 g/mol. The van der Waals surface area contributed by atoms with E-state index in [9.17, 15) is 0 Å². The van der Waals surface area contributed by atoms with Crippen LogP contribution in [0, 0.1) is 17.8 Å². The van der Waals surface area contributed by atoms with Gasteiger partial charge in [0, 0.05) is 5.54 Å². The van der Waals surface area contributed by atoms with Crippen LogP contribution in [0.1, 0.15) is 58.3 Å². The highest BCUT2D eigenvalue weighted by Gasteiger charge is 2.42. The van der Waals surface area contributed by atoms with Crippen LogP contribution in [0.25, 0.3) is 0 Å². The van der Waals surface area contributed by atoms with Crippen molar-refractivity contribution in [2.75, 3.05) is 0 Å². The van der Waals surface area contributed by atoms with Gasteiger partial charge in [0.2, 0.25) is 0 Å². The Balaban J connectivity index is 1.74. The molecule has 3 aliphatic rings. The van der Waals surface area contributed by atoms with Crippen LogP contribution in [0.15, 0.2) is 11.6 Å². The van der Waals surface area contributed by atoms with E-state index in [2.05, 4.69) is 13.0 Å². The van der Waals surface area contributed by atoms with E-state index in [1.807, 2.05) is 0 Å². The van der Waals surface area contributed by atoms with Crippen molar-refractivity contribution in [3.05, 3.63) is 11.6 Å². The van der Waals surface area contributed by atoms with Gasteiger partial charge in [-0.15, -0.1) is 0 Å². The summed E-state index contributed by atoms with van der Waals surface area (Å²) in [5.41, 5.74) is 8.32. The first kappa shape index (κ1) is 10.8. The van der Waals surface area contributed by atoms with E-state index in [1.54, 1.807) is 5.57 Å². The molecule has 2 saturated carbocycles. The zero-order chi connectivity index (χ0) is 11.2. The first-order chi connectivity index (χ1) is 7.69. The van der Waals surface area contributed by atoms with Gasteiger partial charge < -0.3 is 5.73 Å². The highest BCUT2D eigenvalue weighted by molar-refractivity contribution is 5.23. The van der Waals surface area contributed by atoms with Crippen LogP contribution in [0.2, 0.25) is 0 Å². The topological polar surface area (TPSA) is 26.0 Å². The second-order valence-electron chi connectivity index (χ2n) is 6.50. The summed E-state index contributed by atoms with van der Waals surface area (Å²) in [6.07, 6.45) is 13.2. The van der Waals surface area contributed by atoms with Gasteiger partial charge in [0.05, 0.1) is 0 Å². The minimum Gasteiger partial charge on any atom is -0.322 e. The molecule has 16 heavy (non-hydrogen) atoms. The first-order valence-electron chi connectivity index (χ1n) is 7.17. The van der Waals surface area contributed by atoms with Crippen molar-refractivity contribution in [1.82, 2.24) is 0 Å². The van der Waals surface area contributed by atoms with E-state index in [4.69, 9.17) is 5.73 Å². The molecule has 4 unspecified atom stereocenters. The molecule has 90 valence electrons. The number of allylic oxidation sites excluding steroid dienone is 1. The highest BCUT2D eigenvalue weighted by Crippen LogP contribution is 2.50. The summed E-state index contributed by atoms with van der Waals surface area (Å²) in [5.74, 6) is 2.98. The lowest BCUT2D eigenvalue weighted by Gasteiger charge is -2.35. The van der Waals surface area contributed by atoms with Gasteiger partial charge >= 0.3 is 0 Å². The maximum absolute atomic E-state index is 6.61. The molecule has 0 aromatic rings. The molecule has 2 N–H and O–H groups in total. The first-order valence-corrected chi connectivity index (χ1v) is 7.17. The van der Waals surface area contributed by atoms with Crippen molar-refractivity contribution in [1.29, 1.82) is 0 Å². The Morgan fingerprint density at radius 1 is 1.31 bits per heavy atom. The molecule has 0 amide bonds. The van der Waals surface area contributed by atoms with Crippen molar-refractivity contribution >= 4 is 0 Å². The number of nitrogens with two attached hydrogens (primary N) is 1. The molecular formula is C15H25N. The molecule has 1 heteroatoms. The van der Waals surface area contributed by atoms with Crippen molar-refractivity contribution in [3.8, 4) is 0 Å². The third-order valence-electron chi connectivity index (χ3n) is 5.36. The van der Waals surface area contributed by atoms with E-state index in [1.165, 1.54) is 51.4 Å². The summed E-state index contributed by atoms with van der Waals surface area (Å²) >= 11 is 0. The van der Waals surface area contributed by atoms with Gasteiger partial charge in [0.15, 0.2) is 0 Å². The van der Waals surface area contributed by atoms with Gasteiger partial charge in [0.25, 0.3) is 0 Å². The Hall–Kier alpha value is -0.300. The van der Waals surface area contributed by atoms with E-state index in [-0.39, 0.29) is 5.54 Å². The van der Waals surface area contributed by atoms with Crippen LogP contribution >= 0.6 is 0 Å². The molecule has 3 rings (SSSR count). The fourth-order valence-corrected chi connectivity index (χ4v) is 4.01. The summed E-state index contributed by atoms with van der Waals surface area (Å²) in [4.78, 5) is 0. The van der Waals surface area contributed by atoms with Crippen LogP contribution in [0.5, 0.6) is 0 Å². The Kier molecular flexibility index (Phi) is 2.62. The Morgan fingerprint density at radius 3 is 2.88 bits per heavy atom. The Bertz CT molecular complexity index is 307. The van der Waals surface area contributed by atoms with Crippen LogP contribution in [0.4, 0.5) is 0 Å². The fraction of sp³-hybridized carbons (Fsp3) is 0.867. The minimum absolute atomic E-state index is 0.102. The molecule has 0 aromatic heterocycles. The van der Waals surface area contributed by atoms with Gasteiger partial charge in [-0.3, -0.25) is 0 Å². The molecule has 0 spiro atoms. The van der Waals surface area contributed by atoms with Gasteiger partial charge in [-0.2, -0.15) is 0 Å². The molecule has 0 aliphatic heterocycles. The third kappa shape index (κ3) is 1.84. The quantitative estimate of drug-likeness (QED) is 0.669. The number of rotatable bonds is 1. The van der Waals surface area contributed by atoms with Gasteiger partial charge in [-0.05, 0) is 62.7 Å². The second-order valence-corrected chi connectivity index (χ2v) is 6.50. The Labute approximate surface area is 99.5 Å². The fourth-order valence-electron chi connectivity index (χ4n) is 4.01. The monoisotopic (exact) mass is 219 g/mol. The van der Waals surface area contributed by atoms with Crippen LogP contribution < -0.4 is 5.73 Å². The predicted molar refractivity (Wildman–Crippen MR) is 68.1 cm³/mol. The van der Waals surface area contributed by atoms with Crippen LogP contribution in [0.3, 0.4) is 0 Å². The lowest BCUT2D eigenvalue weighted by atomic mass is 9.75. The minimum atomic E-state index is 0.102. The smallest absolute Gasteiger partial charge is 0.0368 e. The Morgan fingerprint density at radius 2 is 2.12 bits per heavy atom. The third-order valence-corrected chi connectivity index (χ3v) is 5.36. The van der Waals surface area contributed by atoms with Crippen molar-refractivity contribution < 1.29 is 0 Å². The standard InChI is InChI=1S/C15H25N/c1-11-10-14(11)12-5-6-13-4-2-3-8-15(13,16)9-7-12/h6,11-12,14H,2-5,7-10,16H2,1H3. The van der Waals surface area contributed by atoms with Gasteiger partial charge in [-0.25, -0.2) is 0 Å². The largest absolute Gasteiger partial charge is 0.322 e. The molecule has 4 atom stereocenters. The normalized spacial score (nSPS) is 47.9.